The van der Waals surface area contributed by atoms with Crippen LogP contribution in [0.15, 0.2) is 42.5 Å². The average Bonchev–Trinajstić information content (AvgIpc) is 2.90. The van der Waals surface area contributed by atoms with Crippen LogP contribution in [0, 0.1) is 0 Å². The summed E-state index contributed by atoms with van der Waals surface area (Å²) < 4.78 is 5.38. The van der Waals surface area contributed by atoms with E-state index >= 15 is 0 Å². The zero-order valence-corrected chi connectivity index (χ0v) is 16.6. The first kappa shape index (κ1) is 19.7. The van der Waals surface area contributed by atoms with E-state index in [1.165, 1.54) is 23.9 Å². The zero-order chi connectivity index (χ0) is 19.6. The lowest BCUT2D eigenvalue weighted by Gasteiger charge is -2.24. The molecule has 1 unspecified atom stereocenters. The number of esters is 1. The van der Waals surface area contributed by atoms with Gasteiger partial charge in [-0.3, -0.25) is 14.5 Å². The fourth-order valence-electron chi connectivity index (χ4n) is 2.80. The molecule has 1 aliphatic heterocycles. The van der Waals surface area contributed by atoms with Gasteiger partial charge in [-0.2, -0.15) is 11.8 Å². The Labute approximate surface area is 170 Å². The van der Waals surface area contributed by atoms with Crippen LogP contribution in [0.3, 0.4) is 0 Å². The lowest BCUT2D eigenvalue weighted by Crippen LogP contribution is -2.47. The maximum absolute atomic E-state index is 12.8. The molecule has 1 heterocycles. The van der Waals surface area contributed by atoms with Crippen molar-refractivity contribution < 1.29 is 19.1 Å². The molecule has 2 aromatic rings. The van der Waals surface area contributed by atoms with Crippen LogP contribution in [0.1, 0.15) is 27.1 Å². The number of nitrogens with zero attached hydrogens (tertiary/aromatic N) is 1. The number of ether oxygens (including phenoxy) is 1. The Bertz CT molecular complexity index is 883. The van der Waals surface area contributed by atoms with Gasteiger partial charge < -0.3 is 4.74 Å². The number of benzene rings is 2. The van der Waals surface area contributed by atoms with Crippen molar-refractivity contribution in [1.29, 1.82) is 0 Å². The Morgan fingerprint density at radius 2 is 1.74 bits per heavy atom. The minimum Gasteiger partial charge on any atom is -0.423 e. The molecule has 1 aliphatic rings. The number of fused-ring (bicyclic) bond motifs is 1. The van der Waals surface area contributed by atoms with Crippen LogP contribution in [0.5, 0.6) is 5.75 Å². The van der Waals surface area contributed by atoms with Gasteiger partial charge >= 0.3 is 5.97 Å². The molecule has 27 heavy (non-hydrogen) atoms. The van der Waals surface area contributed by atoms with Gasteiger partial charge in [0.1, 0.15) is 6.04 Å². The second-order valence-corrected chi connectivity index (χ2v) is 7.65. The quantitative estimate of drug-likeness (QED) is 0.393. The fraction of sp³-hybridized carbons (Fsp3) is 0.211. The van der Waals surface area contributed by atoms with E-state index in [4.69, 9.17) is 27.9 Å². The maximum Gasteiger partial charge on any atom is 0.334 e. The molecular weight excluding hydrogens is 409 g/mol. The molecule has 0 radical (unpaired) electrons. The van der Waals surface area contributed by atoms with E-state index in [9.17, 15) is 14.4 Å². The van der Waals surface area contributed by atoms with E-state index < -0.39 is 23.8 Å². The van der Waals surface area contributed by atoms with Crippen LogP contribution in [-0.2, 0) is 4.79 Å². The van der Waals surface area contributed by atoms with Crippen molar-refractivity contribution in [3.63, 3.8) is 0 Å². The van der Waals surface area contributed by atoms with E-state index in [0.717, 1.165) is 4.90 Å². The van der Waals surface area contributed by atoms with Crippen LogP contribution >= 0.6 is 35.0 Å². The standard InChI is InChI=1S/C19H15Cl2NO4S/c1-27-9-8-15(19(25)26-16-10-11(20)6-7-14(16)21)22-17(23)12-4-2-3-5-13(12)18(22)24/h2-7,10,15H,8-9H2,1H3. The van der Waals surface area contributed by atoms with Gasteiger partial charge in [0.15, 0.2) is 5.75 Å². The first-order chi connectivity index (χ1) is 12.9. The summed E-state index contributed by atoms with van der Waals surface area (Å²) >= 11 is 13.5. The van der Waals surface area contributed by atoms with Crippen LogP contribution in [0.2, 0.25) is 10.0 Å². The summed E-state index contributed by atoms with van der Waals surface area (Å²) in [5.41, 5.74) is 0.565. The van der Waals surface area contributed by atoms with Crippen molar-refractivity contribution in [2.45, 2.75) is 12.5 Å². The lowest BCUT2D eigenvalue weighted by atomic mass is 10.1. The molecule has 0 saturated heterocycles. The predicted octanol–water partition coefficient (Wildman–Crippen LogP) is 4.32. The molecule has 5 nitrogen and oxygen atoms in total. The minimum absolute atomic E-state index is 0.0833. The predicted molar refractivity (Wildman–Crippen MR) is 106 cm³/mol. The summed E-state index contributed by atoms with van der Waals surface area (Å²) in [5.74, 6) is -1.09. The highest BCUT2D eigenvalue weighted by atomic mass is 35.5. The Kier molecular flexibility index (Phi) is 6.09. The van der Waals surface area contributed by atoms with Crippen molar-refractivity contribution >= 4 is 52.7 Å². The Hall–Kier alpha value is -2.02. The van der Waals surface area contributed by atoms with Gasteiger partial charge in [0, 0.05) is 11.1 Å². The van der Waals surface area contributed by atoms with Crippen molar-refractivity contribution in [3.8, 4) is 5.75 Å². The summed E-state index contributed by atoms with van der Waals surface area (Å²) in [5, 5.41) is 0.558. The molecule has 3 rings (SSSR count). The maximum atomic E-state index is 12.8. The van der Waals surface area contributed by atoms with E-state index in [2.05, 4.69) is 0 Å². The summed E-state index contributed by atoms with van der Waals surface area (Å²) in [7, 11) is 0. The molecule has 0 aliphatic carbocycles. The monoisotopic (exact) mass is 423 g/mol. The number of thioether (sulfide) groups is 1. The first-order valence-electron chi connectivity index (χ1n) is 8.06. The number of hydrogen-bond donors (Lipinski definition) is 0. The highest BCUT2D eigenvalue weighted by molar-refractivity contribution is 7.98. The number of hydrogen-bond acceptors (Lipinski definition) is 5. The fourth-order valence-corrected chi connectivity index (χ4v) is 3.58. The smallest absolute Gasteiger partial charge is 0.334 e. The normalized spacial score (nSPS) is 14.3. The summed E-state index contributed by atoms with van der Waals surface area (Å²) in [6.07, 6.45) is 2.14. The molecule has 2 amide bonds. The van der Waals surface area contributed by atoms with Crippen molar-refractivity contribution in [3.05, 3.63) is 63.6 Å². The third-order valence-corrected chi connectivity index (χ3v) is 5.30. The molecule has 0 saturated carbocycles. The lowest BCUT2D eigenvalue weighted by molar-refractivity contribution is -0.138. The van der Waals surface area contributed by atoms with Gasteiger partial charge in [0.2, 0.25) is 0 Å². The molecule has 0 N–H and O–H groups in total. The summed E-state index contributed by atoms with van der Waals surface area (Å²) in [6, 6.07) is 9.92. The number of rotatable bonds is 6. The number of carbonyl (C=O) groups excluding carboxylic acids is 3. The van der Waals surface area contributed by atoms with Gasteiger partial charge in [-0.05, 0) is 42.7 Å². The Morgan fingerprint density at radius 1 is 1.11 bits per heavy atom. The van der Waals surface area contributed by atoms with E-state index in [1.54, 1.807) is 30.3 Å². The molecule has 1 atom stereocenters. The van der Waals surface area contributed by atoms with Gasteiger partial charge in [0.25, 0.3) is 11.8 Å². The van der Waals surface area contributed by atoms with Crippen molar-refractivity contribution in [2.24, 2.45) is 0 Å². The van der Waals surface area contributed by atoms with Gasteiger partial charge in [-0.1, -0.05) is 35.3 Å². The Balaban J connectivity index is 1.90. The van der Waals surface area contributed by atoms with Crippen LogP contribution in [0.25, 0.3) is 0 Å². The number of amides is 2. The minimum atomic E-state index is -1.06. The van der Waals surface area contributed by atoms with Gasteiger partial charge in [0.05, 0.1) is 16.1 Å². The van der Waals surface area contributed by atoms with Crippen LogP contribution in [-0.4, -0.2) is 40.7 Å². The highest BCUT2D eigenvalue weighted by Gasteiger charge is 2.43. The largest absolute Gasteiger partial charge is 0.423 e. The molecule has 0 fully saturated rings. The first-order valence-corrected chi connectivity index (χ1v) is 10.2. The van der Waals surface area contributed by atoms with Crippen LogP contribution < -0.4 is 4.74 Å². The van der Waals surface area contributed by atoms with E-state index in [1.807, 2.05) is 6.26 Å². The van der Waals surface area contributed by atoms with Crippen molar-refractivity contribution in [1.82, 2.24) is 4.90 Å². The molecular formula is C19H15Cl2NO4S. The topological polar surface area (TPSA) is 63.7 Å². The zero-order valence-electron chi connectivity index (χ0n) is 14.3. The van der Waals surface area contributed by atoms with Gasteiger partial charge in [-0.25, -0.2) is 4.79 Å². The molecule has 8 heteroatoms. The summed E-state index contributed by atoms with van der Waals surface area (Å²) in [6.45, 7) is 0. The molecule has 0 spiro atoms. The number of halogens is 2. The second kappa shape index (κ2) is 8.33. The molecule has 140 valence electrons. The van der Waals surface area contributed by atoms with Crippen molar-refractivity contribution in [2.75, 3.05) is 12.0 Å². The average molecular weight is 424 g/mol. The molecule has 0 aromatic heterocycles. The third kappa shape index (κ3) is 3.98. The SMILES string of the molecule is CSCCC(C(=O)Oc1cc(Cl)ccc1Cl)N1C(=O)c2ccccc2C1=O. The highest BCUT2D eigenvalue weighted by Crippen LogP contribution is 2.30. The van der Waals surface area contributed by atoms with E-state index in [-0.39, 0.29) is 28.3 Å². The van der Waals surface area contributed by atoms with Gasteiger partial charge in [-0.15, -0.1) is 0 Å². The Morgan fingerprint density at radius 3 is 2.33 bits per heavy atom. The number of carbonyl (C=O) groups is 3. The molecule has 0 bridgehead atoms. The second-order valence-electron chi connectivity index (χ2n) is 5.82. The summed E-state index contributed by atoms with van der Waals surface area (Å²) in [4.78, 5) is 39.3. The van der Waals surface area contributed by atoms with Crippen LogP contribution in [0.4, 0.5) is 0 Å². The van der Waals surface area contributed by atoms with E-state index in [0.29, 0.717) is 10.8 Å². The third-order valence-electron chi connectivity index (χ3n) is 4.11. The number of imide groups is 1. The molecule has 2 aromatic carbocycles.